The van der Waals surface area contributed by atoms with Crippen molar-refractivity contribution < 1.29 is 4.74 Å². The molecule has 0 atom stereocenters. The highest BCUT2D eigenvalue weighted by atomic mass is 16.5. The van der Waals surface area contributed by atoms with E-state index in [-0.39, 0.29) is 5.56 Å². The smallest absolute Gasteiger partial charge is 0.254 e. The third kappa shape index (κ3) is 3.65. The van der Waals surface area contributed by atoms with Crippen LogP contribution in [0.2, 0.25) is 0 Å². The number of nitrogens with zero attached hydrogens (tertiary/aromatic N) is 3. The monoisotopic (exact) mass is 413 g/mol. The minimum atomic E-state index is 0.0908. The molecule has 0 unspecified atom stereocenters. The van der Waals surface area contributed by atoms with Gasteiger partial charge in [0.1, 0.15) is 11.6 Å². The van der Waals surface area contributed by atoms with E-state index in [2.05, 4.69) is 41.3 Å². The second-order valence-electron chi connectivity index (χ2n) is 8.40. The van der Waals surface area contributed by atoms with E-state index in [1.54, 1.807) is 11.7 Å². The van der Waals surface area contributed by atoms with Crippen LogP contribution in [-0.4, -0.2) is 29.8 Å². The van der Waals surface area contributed by atoms with Crippen molar-refractivity contribution in [1.29, 1.82) is 0 Å². The number of pyridine rings is 2. The number of hydrogen-bond donors (Lipinski definition) is 0. The van der Waals surface area contributed by atoms with Gasteiger partial charge in [-0.1, -0.05) is 24.3 Å². The molecule has 3 aromatic rings. The van der Waals surface area contributed by atoms with Crippen LogP contribution >= 0.6 is 0 Å². The lowest BCUT2D eigenvalue weighted by Gasteiger charge is -2.33. The van der Waals surface area contributed by atoms with Crippen LogP contribution in [0.15, 0.2) is 59.7 Å². The Bertz CT molecular complexity index is 1170. The number of fused-ring (bicyclic) bond motifs is 1. The molecule has 158 valence electrons. The second-order valence-corrected chi connectivity index (χ2v) is 8.40. The number of allylic oxidation sites excluding steroid dienone is 1. The van der Waals surface area contributed by atoms with Gasteiger partial charge in [-0.3, -0.25) is 4.79 Å². The number of benzene rings is 1. The highest BCUT2D eigenvalue weighted by Gasteiger charge is 2.22. The Labute approximate surface area is 182 Å². The predicted octanol–water partition coefficient (Wildman–Crippen LogP) is 4.41. The van der Waals surface area contributed by atoms with Gasteiger partial charge in [-0.2, -0.15) is 0 Å². The Morgan fingerprint density at radius 1 is 1.06 bits per heavy atom. The van der Waals surface area contributed by atoms with Gasteiger partial charge in [0, 0.05) is 49.2 Å². The van der Waals surface area contributed by atoms with Crippen molar-refractivity contribution in [2.45, 2.75) is 25.2 Å². The molecule has 1 fully saturated rings. The van der Waals surface area contributed by atoms with Crippen molar-refractivity contribution in [1.82, 2.24) is 9.55 Å². The predicted molar refractivity (Wildman–Crippen MR) is 125 cm³/mol. The molecule has 0 amide bonds. The van der Waals surface area contributed by atoms with Crippen molar-refractivity contribution in [2.75, 3.05) is 25.1 Å². The van der Waals surface area contributed by atoms with Crippen LogP contribution < -0.4 is 15.2 Å². The molecule has 0 N–H and O–H groups in total. The van der Waals surface area contributed by atoms with E-state index >= 15 is 0 Å². The lowest BCUT2D eigenvalue weighted by molar-refractivity contribution is 0.414. The molecule has 0 bridgehead atoms. The molecule has 0 radical (unpaired) electrons. The lowest BCUT2D eigenvalue weighted by atomic mass is 9.89. The molecule has 31 heavy (non-hydrogen) atoms. The Morgan fingerprint density at radius 2 is 1.84 bits per heavy atom. The number of aryl methyl sites for hydroxylation is 1. The molecule has 1 aliphatic heterocycles. The summed E-state index contributed by atoms with van der Waals surface area (Å²) in [5.74, 6) is 2.51. The van der Waals surface area contributed by atoms with Gasteiger partial charge in [-0.15, -0.1) is 0 Å². The van der Waals surface area contributed by atoms with E-state index in [0.29, 0.717) is 12.3 Å². The molecule has 2 aromatic heterocycles. The fraction of sp³-hybridized carbons (Fsp3) is 0.308. The molecular weight excluding hydrogens is 386 g/mol. The third-order valence-electron chi connectivity index (χ3n) is 6.59. The van der Waals surface area contributed by atoms with Gasteiger partial charge in [-0.25, -0.2) is 4.98 Å². The Hall–Kier alpha value is -3.34. The molecule has 1 aliphatic carbocycles. The molecular formula is C26H27N3O2. The zero-order valence-corrected chi connectivity index (χ0v) is 18.0. The fourth-order valence-corrected chi connectivity index (χ4v) is 4.78. The number of ether oxygens (including phenoxy) is 1. The average molecular weight is 414 g/mol. The van der Waals surface area contributed by atoms with Crippen molar-refractivity contribution in [3.8, 4) is 16.9 Å². The second kappa shape index (κ2) is 8.06. The van der Waals surface area contributed by atoms with Crippen LogP contribution in [0.4, 0.5) is 5.82 Å². The summed E-state index contributed by atoms with van der Waals surface area (Å²) in [6.07, 6.45) is 10.9. The third-order valence-corrected chi connectivity index (χ3v) is 6.59. The molecule has 1 aromatic carbocycles. The molecule has 5 heteroatoms. The number of methoxy groups -OCH3 is 1. The maximum atomic E-state index is 12.4. The van der Waals surface area contributed by atoms with Crippen LogP contribution in [0, 0.1) is 0 Å². The molecule has 2 aliphatic rings. The van der Waals surface area contributed by atoms with E-state index in [1.807, 2.05) is 31.6 Å². The van der Waals surface area contributed by atoms with Gasteiger partial charge in [0.2, 0.25) is 0 Å². The van der Waals surface area contributed by atoms with Gasteiger partial charge in [0.15, 0.2) is 0 Å². The van der Waals surface area contributed by atoms with Gasteiger partial charge in [0.05, 0.1) is 7.11 Å². The van der Waals surface area contributed by atoms with Crippen molar-refractivity contribution in [3.63, 3.8) is 0 Å². The summed E-state index contributed by atoms with van der Waals surface area (Å²) in [6.45, 7) is 2.00. The van der Waals surface area contributed by atoms with E-state index in [1.165, 1.54) is 5.56 Å². The first-order chi connectivity index (χ1) is 15.1. The summed E-state index contributed by atoms with van der Waals surface area (Å²) in [4.78, 5) is 19.5. The standard InChI is InChI=1S/C26H27N3O2/c1-28-17-24(22-4-3-5-23(22)26(28)30)20-8-11-25(27-16-20)29-14-12-19(13-15-29)18-6-9-21(31-2)10-7-18/h3-4,6-11,16-17,19H,5,12-15H2,1-2H3. The van der Waals surface area contributed by atoms with Crippen molar-refractivity contribution in [3.05, 3.63) is 81.9 Å². The number of rotatable bonds is 4. The number of hydrogen-bond acceptors (Lipinski definition) is 4. The largest absolute Gasteiger partial charge is 0.497 e. The zero-order chi connectivity index (χ0) is 21.4. The quantitative estimate of drug-likeness (QED) is 0.636. The summed E-state index contributed by atoms with van der Waals surface area (Å²) < 4.78 is 6.95. The number of piperidine rings is 1. The van der Waals surface area contributed by atoms with Gasteiger partial charge < -0.3 is 14.2 Å². The summed E-state index contributed by atoms with van der Waals surface area (Å²) in [5.41, 5.74) is 5.52. The minimum Gasteiger partial charge on any atom is -0.497 e. The first-order valence-corrected chi connectivity index (χ1v) is 10.9. The van der Waals surface area contributed by atoms with Crippen LogP contribution in [0.5, 0.6) is 5.75 Å². The van der Waals surface area contributed by atoms with Gasteiger partial charge in [0.25, 0.3) is 5.56 Å². The molecule has 5 nitrogen and oxygen atoms in total. The summed E-state index contributed by atoms with van der Waals surface area (Å²) in [5, 5.41) is 0. The maximum Gasteiger partial charge on any atom is 0.254 e. The van der Waals surface area contributed by atoms with Crippen LogP contribution in [0.3, 0.4) is 0 Å². The minimum absolute atomic E-state index is 0.0908. The summed E-state index contributed by atoms with van der Waals surface area (Å²) in [7, 11) is 3.52. The topological polar surface area (TPSA) is 47.4 Å². The Kier molecular flexibility index (Phi) is 5.10. The zero-order valence-electron chi connectivity index (χ0n) is 18.0. The van der Waals surface area contributed by atoms with Crippen molar-refractivity contribution >= 4 is 11.9 Å². The fourth-order valence-electron chi connectivity index (χ4n) is 4.78. The van der Waals surface area contributed by atoms with Crippen LogP contribution in [0.1, 0.15) is 35.4 Å². The Balaban J connectivity index is 1.30. The lowest BCUT2D eigenvalue weighted by Crippen LogP contribution is -2.33. The first kappa shape index (κ1) is 19.6. The highest BCUT2D eigenvalue weighted by Crippen LogP contribution is 2.33. The molecule has 0 spiro atoms. The maximum absolute atomic E-state index is 12.4. The molecule has 0 saturated carbocycles. The van der Waals surface area contributed by atoms with Crippen molar-refractivity contribution in [2.24, 2.45) is 7.05 Å². The average Bonchev–Trinajstić information content (AvgIpc) is 3.32. The first-order valence-electron chi connectivity index (χ1n) is 10.9. The molecule has 1 saturated heterocycles. The highest BCUT2D eigenvalue weighted by molar-refractivity contribution is 5.78. The van der Waals surface area contributed by atoms with E-state index in [0.717, 1.165) is 59.8 Å². The van der Waals surface area contributed by atoms with Crippen LogP contribution in [0.25, 0.3) is 17.2 Å². The van der Waals surface area contributed by atoms with E-state index < -0.39 is 0 Å². The molecule has 5 rings (SSSR count). The normalized spacial score (nSPS) is 15.9. The van der Waals surface area contributed by atoms with Gasteiger partial charge in [-0.05, 0) is 60.6 Å². The summed E-state index contributed by atoms with van der Waals surface area (Å²) in [6, 6.07) is 12.7. The number of anilines is 1. The SMILES string of the molecule is COc1ccc(C2CCN(c3ccc(-c4cn(C)c(=O)c5c4C=CC5)cn3)CC2)cc1. The summed E-state index contributed by atoms with van der Waals surface area (Å²) >= 11 is 0. The van der Waals surface area contributed by atoms with Gasteiger partial charge >= 0.3 is 0 Å². The van der Waals surface area contributed by atoms with E-state index in [4.69, 9.17) is 9.72 Å². The molecule has 3 heterocycles. The Morgan fingerprint density at radius 3 is 2.52 bits per heavy atom. The van der Waals surface area contributed by atoms with Crippen LogP contribution in [-0.2, 0) is 13.5 Å². The van der Waals surface area contributed by atoms with E-state index in [9.17, 15) is 4.79 Å². The number of aromatic nitrogens is 2.